The molecule has 0 saturated carbocycles. The Hall–Kier alpha value is -1.54. The number of rotatable bonds is 2. The summed E-state index contributed by atoms with van der Waals surface area (Å²) in [5.74, 6) is -6.18. The van der Waals surface area contributed by atoms with Crippen molar-refractivity contribution in [3.05, 3.63) is 39.3 Å². The highest BCUT2D eigenvalue weighted by atomic mass is 32.2. The number of benzene rings is 1. The Bertz CT molecular complexity index is 755. The van der Waals surface area contributed by atoms with E-state index in [1.165, 1.54) is 6.26 Å². The molecule has 0 bridgehead atoms. The maximum Gasteiger partial charge on any atom is 0.341 e. The summed E-state index contributed by atoms with van der Waals surface area (Å²) in [4.78, 5) is 22.9. The van der Waals surface area contributed by atoms with Gasteiger partial charge in [-0.2, -0.15) is 0 Å². The van der Waals surface area contributed by atoms with Crippen LogP contribution >= 0.6 is 23.1 Å². The summed E-state index contributed by atoms with van der Waals surface area (Å²) in [5, 5.41) is 8.49. The van der Waals surface area contributed by atoms with Gasteiger partial charge in [-0.15, -0.1) is 23.1 Å². The second kappa shape index (κ2) is 4.86. The Balaban J connectivity index is 3.05. The first-order chi connectivity index (χ1) is 8.88. The van der Waals surface area contributed by atoms with E-state index in [2.05, 4.69) is 0 Å². The standard InChI is InChI=1S/C11H5F3O3S2/c1-18-11-5(10(16)17)8(15)3-2-4(12)6(13)7(14)9(3)19-11/h2H,1H3,(H,16,17). The fourth-order valence-corrected chi connectivity index (χ4v) is 3.42. The lowest BCUT2D eigenvalue weighted by Crippen LogP contribution is -2.16. The summed E-state index contributed by atoms with van der Waals surface area (Å²) in [7, 11) is 0. The summed E-state index contributed by atoms with van der Waals surface area (Å²) in [6.45, 7) is 0. The molecular formula is C11H5F3O3S2. The molecule has 1 aromatic carbocycles. The molecule has 1 heterocycles. The molecule has 3 nitrogen and oxygen atoms in total. The number of carboxylic acid groups (broad SMARTS) is 1. The smallest absolute Gasteiger partial charge is 0.341 e. The molecular weight excluding hydrogens is 301 g/mol. The fraction of sp³-hybridized carbons (Fsp3) is 0.0909. The van der Waals surface area contributed by atoms with Gasteiger partial charge in [0.2, 0.25) is 5.43 Å². The molecule has 100 valence electrons. The predicted molar refractivity (Wildman–Crippen MR) is 66.7 cm³/mol. The first-order valence-corrected chi connectivity index (χ1v) is 6.84. The molecule has 1 aromatic heterocycles. The van der Waals surface area contributed by atoms with Gasteiger partial charge in [-0.25, -0.2) is 18.0 Å². The average Bonchev–Trinajstić information content (AvgIpc) is 2.36. The third kappa shape index (κ3) is 2.10. The molecule has 0 fully saturated rings. The van der Waals surface area contributed by atoms with Crippen LogP contribution in [0.1, 0.15) is 10.4 Å². The van der Waals surface area contributed by atoms with Crippen molar-refractivity contribution in [2.75, 3.05) is 6.26 Å². The van der Waals surface area contributed by atoms with E-state index in [1.54, 1.807) is 0 Å². The molecule has 0 saturated heterocycles. The molecule has 8 heteroatoms. The maximum absolute atomic E-state index is 13.6. The van der Waals surface area contributed by atoms with Crippen LogP contribution in [0.4, 0.5) is 13.2 Å². The Morgan fingerprint density at radius 2 is 1.95 bits per heavy atom. The van der Waals surface area contributed by atoms with Gasteiger partial charge in [-0.3, -0.25) is 4.79 Å². The van der Waals surface area contributed by atoms with Crippen molar-refractivity contribution in [2.45, 2.75) is 4.21 Å². The summed E-state index contributed by atoms with van der Waals surface area (Å²) in [5.41, 5.74) is -1.58. The van der Waals surface area contributed by atoms with Crippen LogP contribution in [0.25, 0.3) is 10.1 Å². The van der Waals surface area contributed by atoms with Crippen molar-refractivity contribution < 1.29 is 23.1 Å². The zero-order chi connectivity index (χ0) is 14.3. The van der Waals surface area contributed by atoms with Crippen molar-refractivity contribution in [3.63, 3.8) is 0 Å². The largest absolute Gasteiger partial charge is 0.477 e. The zero-order valence-corrected chi connectivity index (χ0v) is 10.9. The molecule has 2 aromatic rings. The van der Waals surface area contributed by atoms with Crippen LogP contribution in [-0.2, 0) is 0 Å². The topological polar surface area (TPSA) is 54.4 Å². The van der Waals surface area contributed by atoms with Gasteiger partial charge in [0.15, 0.2) is 17.5 Å². The van der Waals surface area contributed by atoms with Crippen molar-refractivity contribution in [3.8, 4) is 0 Å². The van der Waals surface area contributed by atoms with E-state index < -0.39 is 44.5 Å². The highest BCUT2D eigenvalue weighted by Crippen LogP contribution is 2.32. The van der Waals surface area contributed by atoms with Crippen LogP contribution in [0.2, 0.25) is 0 Å². The molecule has 0 radical (unpaired) electrons. The van der Waals surface area contributed by atoms with Gasteiger partial charge in [0.1, 0.15) is 5.56 Å². The lowest BCUT2D eigenvalue weighted by Gasteiger charge is -2.06. The minimum atomic E-state index is -1.68. The second-order valence-corrected chi connectivity index (χ2v) is 5.56. The molecule has 1 N–H and O–H groups in total. The molecule has 0 aliphatic carbocycles. The fourth-order valence-electron chi connectivity index (χ4n) is 1.55. The lowest BCUT2D eigenvalue weighted by atomic mass is 10.2. The summed E-state index contributed by atoms with van der Waals surface area (Å²) in [6.07, 6.45) is 1.50. The van der Waals surface area contributed by atoms with E-state index in [1.807, 2.05) is 0 Å². The van der Waals surface area contributed by atoms with E-state index in [4.69, 9.17) is 5.11 Å². The monoisotopic (exact) mass is 306 g/mol. The number of carbonyl (C=O) groups is 1. The van der Waals surface area contributed by atoms with Gasteiger partial charge in [0, 0.05) is 5.39 Å². The van der Waals surface area contributed by atoms with E-state index in [-0.39, 0.29) is 4.21 Å². The van der Waals surface area contributed by atoms with Crippen molar-refractivity contribution in [1.29, 1.82) is 0 Å². The summed E-state index contributed by atoms with van der Waals surface area (Å²) < 4.78 is 39.5. The molecule has 0 spiro atoms. The van der Waals surface area contributed by atoms with Crippen LogP contribution in [0.3, 0.4) is 0 Å². The summed E-state index contributed by atoms with van der Waals surface area (Å²) in [6, 6.07) is 0.517. The van der Waals surface area contributed by atoms with E-state index in [0.717, 1.165) is 11.8 Å². The van der Waals surface area contributed by atoms with Crippen LogP contribution in [0.5, 0.6) is 0 Å². The van der Waals surface area contributed by atoms with Gasteiger partial charge < -0.3 is 5.11 Å². The predicted octanol–water partition coefficient (Wildman–Crippen LogP) is 3.10. The quantitative estimate of drug-likeness (QED) is 0.684. The van der Waals surface area contributed by atoms with Gasteiger partial charge in [-0.05, 0) is 12.3 Å². The number of halogens is 3. The van der Waals surface area contributed by atoms with Crippen molar-refractivity contribution in [2.24, 2.45) is 0 Å². The third-order valence-corrected chi connectivity index (χ3v) is 4.70. The highest BCUT2D eigenvalue weighted by Gasteiger charge is 2.23. The Morgan fingerprint density at radius 3 is 2.47 bits per heavy atom. The van der Waals surface area contributed by atoms with Gasteiger partial charge in [0.05, 0.1) is 8.91 Å². The lowest BCUT2D eigenvalue weighted by molar-refractivity contribution is 0.0692. The van der Waals surface area contributed by atoms with Crippen LogP contribution < -0.4 is 5.43 Å². The molecule has 0 amide bonds. The highest BCUT2D eigenvalue weighted by molar-refractivity contribution is 8.00. The van der Waals surface area contributed by atoms with Gasteiger partial charge in [-0.1, -0.05) is 0 Å². The number of hydrogen-bond acceptors (Lipinski definition) is 4. The average molecular weight is 306 g/mol. The van der Waals surface area contributed by atoms with Crippen LogP contribution in [0.15, 0.2) is 15.1 Å². The van der Waals surface area contributed by atoms with Gasteiger partial charge >= 0.3 is 5.97 Å². The number of aromatic carboxylic acids is 1. The summed E-state index contributed by atoms with van der Waals surface area (Å²) >= 11 is 1.53. The first-order valence-electron chi connectivity index (χ1n) is 4.80. The molecule has 2 rings (SSSR count). The molecule has 0 aliphatic heterocycles. The van der Waals surface area contributed by atoms with E-state index in [9.17, 15) is 22.8 Å². The molecule has 0 aliphatic rings. The van der Waals surface area contributed by atoms with Crippen molar-refractivity contribution >= 4 is 39.2 Å². The number of thioether (sulfide) groups is 1. The maximum atomic E-state index is 13.6. The van der Waals surface area contributed by atoms with Gasteiger partial charge in [0.25, 0.3) is 0 Å². The SMILES string of the molecule is CSc1sc2c(F)c(F)c(F)cc2c(=O)c1C(=O)O. The molecule has 0 unspecified atom stereocenters. The number of fused-ring (bicyclic) bond motifs is 1. The third-order valence-electron chi connectivity index (χ3n) is 2.39. The Kier molecular flexibility index (Phi) is 3.55. The van der Waals surface area contributed by atoms with E-state index >= 15 is 0 Å². The van der Waals surface area contributed by atoms with Crippen molar-refractivity contribution in [1.82, 2.24) is 0 Å². The number of hydrogen-bond donors (Lipinski definition) is 1. The molecule has 19 heavy (non-hydrogen) atoms. The van der Waals surface area contributed by atoms with Crippen LogP contribution in [-0.4, -0.2) is 17.3 Å². The minimum absolute atomic E-state index is 0.0370. The normalized spacial score (nSPS) is 10.9. The minimum Gasteiger partial charge on any atom is -0.477 e. The Labute approximate surface area is 112 Å². The first kappa shape index (κ1) is 13.9. The van der Waals surface area contributed by atoms with E-state index in [0.29, 0.717) is 17.4 Å². The van der Waals surface area contributed by atoms with Crippen LogP contribution in [0, 0.1) is 17.5 Å². The second-order valence-electron chi connectivity index (χ2n) is 3.47. The molecule has 0 atom stereocenters. The number of carboxylic acids is 1. The Morgan fingerprint density at radius 1 is 1.32 bits per heavy atom. The zero-order valence-electron chi connectivity index (χ0n) is 9.29.